The molecule has 0 heterocycles. The molecule has 3 heteroatoms. The summed E-state index contributed by atoms with van der Waals surface area (Å²) in [5.74, 6) is -0.0744. The van der Waals surface area contributed by atoms with Crippen LogP contribution in [0, 0.1) is 5.41 Å². The van der Waals surface area contributed by atoms with E-state index < -0.39 is 0 Å². The highest BCUT2D eigenvalue weighted by Crippen LogP contribution is 2.46. The average molecular weight is 275 g/mol. The van der Waals surface area contributed by atoms with Crippen LogP contribution >= 0.6 is 0 Å². The maximum Gasteiger partial charge on any atom is 0.306 e. The van der Waals surface area contributed by atoms with Crippen LogP contribution in [-0.4, -0.2) is 12.6 Å². The van der Waals surface area contributed by atoms with E-state index in [1.165, 1.54) is 12.8 Å². The lowest BCUT2D eigenvalue weighted by atomic mass is 9.76. The van der Waals surface area contributed by atoms with Gasteiger partial charge in [-0.05, 0) is 37.2 Å². The fourth-order valence-electron chi connectivity index (χ4n) is 3.38. The summed E-state index contributed by atoms with van der Waals surface area (Å²) in [6.45, 7) is 2.31. The predicted molar refractivity (Wildman–Crippen MR) is 80.1 cm³/mol. The first-order valence-electron chi connectivity index (χ1n) is 7.61. The molecule has 1 aliphatic rings. The lowest BCUT2D eigenvalue weighted by molar-refractivity contribution is -0.146. The summed E-state index contributed by atoms with van der Waals surface area (Å²) >= 11 is 0. The zero-order valence-corrected chi connectivity index (χ0v) is 12.3. The normalized spacial score (nSPS) is 18.7. The van der Waals surface area contributed by atoms with Crippen molar-refractivity contribution in [2.24, 2.45) is 11.1 Å². The van der Waals surface area contributed by atoms with Crippen molar-refractivity contribution in [2.75, 3.05) is 6.61 Å². The summed E-state index contributed by atoms with van der Waals surface area (Å²) < 4.78 is 5.14. The zero-order valence-electron chi connectivity index (χ0n) is 12.3. The second-order valence-electron chi connectivity index (χ2n) is 5.91. The number of hydrogen-bond donors (Lipinski definition) is 1. The minimum absolute atomic E-state index is 0.00345. The van der Waals surface area contributed by atoms with Crippen molar-refractivity contribution in [2.45, 2.75) is 51.5 Å². The Morgan fingerprint density at radius 1 is 1.30 bits per heavy atom. The summed E-state index contributed by atoms with van der Waals surface area (Å²) in [4.78, 5) is 11.9. The molecule has 1 aromatic rings. The van der Waals surface area contributed by atoms with Crippen molar-refractivity contribution in [1.29, 1.82) is 0 Å². The average Bonchev–Trinajstić information content (AvgIpc) is 2.88. The van der Waals surface area contributed by atoms with Crippen molar-refractivity contribution in [3.05, 3.63) is 35.9 Å². The van der Waals surface area contributed by atoms with Crippen LogP contribution < -0.4 is 5.73 Å². The first-order chi connectivity index (χ1) is 9.65. The SMILES string of the molecule is CCOC(=O)CC1(CC(N)c2ccccc2)CCCC1. The van der Waals surface area contributed by atoms with E-state index in [1.54, 1.807) is 0 Å². The Morgan fingerprint density at radius 2 is 1.95 bits per heavy atom. The minimum Gasteiger partial charge on any atom is -0.466 e. The third-order valence-corrected chi connectivity index (χ3v) is 4.37. The molecule has 1 aromatic carbocycles. The van der Waals surface area contributed by atoms with E-state index in [4.69, 9.17) is 10.5 Å². The van der Waals surface area contributed by atoms with Crippen LogP contribution in [-0.2, 0) is 9.53 Å². The highest BCUT2D eigenvalue weighted by Gasteiger charge is 2.38. The number of esters is 1. The molecule has 0 spiro atoms. The van der Waals surface area contributed by atoms with Gasteiger partial charge in [0.2, 0.25) is 0 Å². The van der Waals surface area contributed by atoms with E-state index in [1.807, 2.05) is 25.1 Å². The molecule has 110 valence electrons. The summed E-state index contributed by atoms with van der Waals surface area (Å²) in [5, 5.41) is 0. The molecule has 2 rings (SSSR count). The summed E-state index contributed by atoms with van der Waals surface area (Å²) in [6.07, 6.45) is 5.96. The Labute approximate surface area is 121 Å². The van der Waals surface area contributed by atoms with Gasteiger partial charge in [0, 0.05) is 6.04 Å². The standard InChI is InChI=1S/C17H25NO2/c1-2-20-16(19)13-17(10-6-7-11-17)12-15(18)14-8-4-3-5-9-14/h3-5,8-9,15H,2,6-7,10-13,18H2,1H3. The van der Waals surface area contributed by atoms with Gasteiger partial charge in [-0.1, -0.05) is 43.2 Å². The molecular formula is C17H25NO2. The Kier molecular flexibility index (Phi) is 5.18. The van der Waals surface area contributed by atoms with E-state index in [2.05, 4.69) is 12.1 Å². The Morgan fingerprint density at radius 3 is 2.55 bits per heavy atom. The number of ether oxygens (including phenoxy) is 1. The summed E-state index contributed by atoms with van der Waals surface area (Å²) in [7, 11) is 0. The first kappa shape index (κ1) is 15.0. The number of nitrogens with two attached hydrogens (primary N) is 1. The zero-order chi connectivity index (χ0) is 14.4. The third-order valence-electron chi connectivity index (χ3n) is 4.37. The van der Waals surface area contributed by atoms with Gasteiger partial charge in [-0.3, -0.25) is 4.79 Å². The lowest BCUT2D eigenvalue weighted by Gasteiger charge is -2.31. The molecule has 0 aliphatic heterocycles. The van der Waals surface area contributed by atoms with Crippen LogP contribution in [0.3, 0.4) is 0 Å². The maximum atomic E-state index is 11.9. The van der Waals surface area contributed by atoms with E-state index in [9.17, 15) is 4.79 Å². The van der Waals surface area contributed by atoms with Gasteiger partial charge in [0.15, 0.2) is 0 Å². The third kappa shape index (κ3) is 3.83. The smallest absolute Gasteiger partial charge is 0.306 e. The molecule has 1 atom stereocenters. The van der Waals surface area contributed by atoms with Gasteiger partial charge in [0.1, 0.15) is 0 Å². The van der Waals surface area contributed by atoms with Crippen molar-refractivity contribution in [3.8, 4) is 0 Å². The Hall–Kier alpha value is -1.35. The van der Waals surface area contributed by atoms with Gasteiger partial charge < -0.3 is 10.5 Å². The molecule has 1 unspecified atom stereocenters. The molecule has 2 N–H and O–H groups in total. The molecule has 1 saturated carbocycles. The van der Waals surface area contributed by atoms with Crippen molar-refractivity contribution >= 4 is 5.97 Å². The van der Waals surface area contributed by atoms with E-state index in [0.717, 1.165) is 24.8 Å². The van der Waals surface area contributed by atoms with E-state index in [0.29, 0.717) is 13.0 Å². The minimum atomic E-state index is -0.0744. The van der Waals surface area contributed by atoms with E-state index >= 15 is 0 Å². The molecule has 0 amide bonds. The molecule has 3 nitrogen and oxygen atoms in total. The van der Waals surface area contributed by atoms with Crippen LogP contribution in [0.15, 0.2) is 30.3 Å². The number of carbonyl (C=O) groups is 1. The van der Waals surface area contributed by atoms with Gasteiger partial charge in [-0.2, -0.15) is 0 Å². The highest BCUT2D eigenvalue weighted by atomic mass is 16.5. The second-order valence-corrected chi connectivity index (χ2v) is 5.91. The number of hydrogen-bond acceptors (Lipinski definition) is 3. The molecule has 0 aromatic heterocycles. The summed E-state index contributed by atoms with van der Waals surface area (Å²) in [6, 6.07) is 10.2. The van der Waals surface area contributed by atoms with Crippen LogP contribution in [0.25, 0.3) is 0 Å². The number of rotatable bonds is 6. The number of benzene rings is 1. The summed E-state index contributed by atoms with van der Waals surface area (Å²) in [5.41, 5.74) is 7.56. The fourth-order valence-corrected chi connectivity index (χ4v) is 3.38. The van der Waals surface area contributed by atoms with Crippen molar-refractivity contribution in [3.63, 3.8) is 0 Å². The van der Waals surface area contributed by atoms with Crippen molar-refractivity contribution in [1.82, 2.24) is 0 Å². The second kappa shape index (κ2) is 6.89. The predicted octanol–water partition coefficient (Wildman–Crippen LogP) is 3.59. The molecular weight excluding hydrogens is 250 g/mol. The Bertz CT molecular complexity index is 424. The van der Waals surface area contributed by atoms with Crippen LogP contribution in [0.5, 0.6) is 0 Å². The fraction of sp³-hybridized carbons (Fsp3) is 0.588. The highest BCUT2D eigenvalue weighted by molar-refractivity contribution is 5.70. The van der Waals surface area contributed by atoms with Gasteiger partial charge in [-0.25, -0.2) is 0 Å². The Balaban J connectivity index is 2.03. The van der Waals surface area contributed by atoms with Crippen molar-refractivity contribution < 1.29 is 9.53 Å². The van der Waals surface area contributed by atoms with Crippen LogP contribution in [0.4, 0.5) is 0 Å². The van der Waals surface area contributed by atoms with Gasteiger partial charge in [0.05, 0.1) is 13.0 Å². The molecule has 1 aliphatic carbocycles. The molecule has 0 saturated heterocycles. The lowest BCUT2D eigenvalue weighted by Crippen LogP contribution is -2.27. The largest absolute Gasteiger partial charge is 0.466 e. The molecule has 20 heavy (non-hydrogen) atoms. The van der Waals surface area contributed by atoms with Gasteiger partial charge in [-0.15, -0.1) is 0 Å². The first-order valence-corrected chi connectivity index (χ1v) is 7.61. The van der Waals surface area contributed by atoms with Crippen LogP contribution in [0.2, 0.25) is 0 Å². The van der Waals surface area contributed by atoms with Gasteiger partial charge >= 0.3 is 5.97 Å². The topological polar surface area (TPSA) is 52.3 Å². The van der Waals surface area contributed by atoms with Crippen LogP contribution in [0.1, 0.15) is 57.1 Å². The van der Waals surface area contributed by atoms with E-state index in [-0.39, 0.29) is 17.4 Å². The maximum absolute atomic E-state index is 11.9. The van der Waals surface area contributed by atoms with Gasteiger partial charge in [0.25, 0.3) is 0 Å². The monoisotopic (exact) mass is 275 g/mol. The molecule has 0 bridgehead atoms. The molecule has 0 radical (unpaired) electrons. The molecule has 1 fully saturated rings. The number of carbonyl (C=O) groups excluding carboxylic acids is 1. The quantitative estimate of drug-likeness (QED) is 0.807.